The summed E-state index contributed by atoms with van der Waals surface area (Å²) >= 11 is 0. The number of alkyl halides is 5. The standard InChI is InChI=1S/C31H31F6N6O3Si/c1-17-14-42(2)8-6-30(17,47)41-28(45)20-9-18(10-23-26(20)39-16-43(23)15-31(35,36)37)5-4-7-38-22-12-21(32)19(11-24(22)46-3)27(44)40-25-13-29(25,33)34/h9-12,16-17,25,38H,6-8,13-15H2,1-3H3,(H,40,44)(H,41,45)/t17-,25?,30-/m0/s1. The number of halogens is 6. The summed E-state index contributed by atoms with van der Waals surface area (Å²) in [6, 6.07) is 3.52. The number of imidazole rings is 1. The Hall–Kier alpha value is -4.23. The number of piperidine rings is 1. The SMILES string of the molecule is COc1cc(C(=O)NC2CC2(F)F)c(F)cc1NCC#Cc1cc(C(=O)N[C@]2([Si])CCN(C)C[C@@H]2C)c2ncn(CC(F)(F)F)c2c1. The molecule has 1 unspecified atom stereocenters. The van der Waals surface area contributed by atoms with Crippen LogP contribution in [0.2, 0.25) is 0 Å². The molecule has 2 aromatic carbocycles. The van der Waals surface area contributed by atoms with Gasteiger partial charge in [0.05, 0.1) is 58.6 Å². The van der Waals surface area contributed by atoms with Gasteiger partial charge in [-0.25, -0.2) is 18.2 Å². The average molecular weight is 678 g/mol. The van der Waals surface area contributed by atoms with Crippen LogP contribution in [0.5, 0.6) is 5.75 Å². The second kappa shape index (κ2) is 12.8. The van der Waals surface area contributed by atoms with E-state index in [0.717, 1.165) is 23.0 Å². The van der Waals surface area contributed by atoms with Crippen molar-refractivity contribution in [3.63, 3.8) is 0 Å². The Morgan fingerprint density at radius 1 is 1.17 bits per heavy atom. The molecule has 2 heterocycles. The van der Waals surface area contributed by atoms with Crippen molar-refractivity contribution in [3.8, 4) is 17.6 Å². The molecule has 5 rings (SSSR count). The zero-order valence-electron chi connectivity index (χ0n) is 25.6. The number of anilines is 1. The molecule has 9 nitrogen and oxygen atoms in total. The Kier molecular flexibility index (Phi) is 9.26. The van der Waals surface area contributed by atoms with E-state index >= 15 is 0 Å². The molecule has 0 spiro atoms. The normalized spacial score (nSPS) is 22.3. The van der Waals surface area contributed by atoms with E-state index < -0.39 is 59.5 Å². The van der Waals surface area contributed by atoms with Gasteiger partial charge in [0.1, 0.15) is 23.6 Å². The minimum Gasteiger partial charge on any atom is -0.495 e. The first-order valence-corrected chi connectivity index (χ1v) is 15.1. The van der Waals surface area contributed by atoms with Gasteiger partial charge in [0.25, 0.3) is 17.7 Å². The van der Waals surface area contributed by atoms with Crippen molar-refractivity contribution in [1.82, 2.24) is 25.1 Å². The summed E-state index contributed by atoms with van der Waals surface area (Å²) in [6.07, 6.45) is -3.45. The van der Waals surface area contributed by atoms with E-state index in [2.05, 4.69) is 47.9 Å². The lowest BCUT2D eigenvalue weighted by Gasteiger charge is -2.44. The molecule has 1 aliphatic carbocycles. The van der Waals surface area contributed by atoms with Crippen molar-refractivity contribution in [2.24, 2.45) is 5.92 Å². The fraction of sp³-hybridized carbons (Fsp3) is 0.452. The van der Waals surface area contributed by atoms with Crippen LogP contribution in [0.4, 0.5) is 32.0 Å². The summed E-state index contributed by atoms with van der Waals surface area (Å²) in [5, 5.41) is 7.17. The van der Waals surface area contributed by atoms with Crippen LogP contribution in [-0.2, 0) is 6.54 Å². The maximum absolute atomic E-state index is 14.8. The number of hydrogen-bond donors (Lipinski definition) is 3. The topological polar surface area (TPSA) is 101 Å². The molecule has 3 N–H and O–H groups in total. The summed E-state index contributed by atoms with van der Waals surface area (Å²) in [6.45, 7) is 1.97. The highest BCUT2D eigenvalue weighted by molar-refractivity contribution is 6.18. The minimum atomic E-state index is -4.54. The lowest BCUT2D eigenvalue weighted by Crippen LogP contribution is -2.60. The maximum Gasteiger partial charge on any atom is 0.406 e. The number of nitrogens with one attached hydrogen (secondary N) is 3. The second-order valence-electron chi connectivity index (χ2n) is 11.9. The smallest absolute Gasteiger partial charge is 0.406 e. The quantitative estimate of drug-likeness (QED) is 0.190. The molecule has 2 aliphatic rings. The van der Waals surface area contributed by atoms with Gasteiger partial charge in [0.15, 0.2) is 0 Å². The fourth-order valence-corrected chi connectivity index (χ4v) is 5.75. The van der Waals surface area contributed by atoms with Gasteiger partial charge in [0, 0.05) is 29.8 Å². The number of carbonyl (C=O) groups is 2. The molecule has 1 saturated heterocycles. The monoisotopic (exact) mass is 677 g/mol. The molecule has 47 heavy (non-hydrogen) atoms. The lowest BCUT2D eigenvalue weighted by atomic mass is 9.92. The van der Waals surface area contributed by atoms with Crippen LogP contribution in [0, 0.1) is 23.6 Å². The van der Waals surface area contributed by atoms with E-state index in [-0.39, 0.29) is 46.1 Å². The molecule has 1 aromatic heterocycles. The highest BCUT2D eigenvalue weighted by Gasteiger charge is 2.58. The lowest BCUT2D eigenvalue weighted by molar-refractivity contribution is -0.140. The zero-order chi connectivity index (χ0) is 34.3. The van der Waals surface area contributed by atoms with Gasteiger partial charge in [0.2, 0.25) is 0 Å². The van der Waals surface area contributed by atoms with Gasteiger partial charge in [-0.05, 0) is 44.1 Å². The Morgan fingerprint density at radius 2 is 1.89 bits per heavy atom. The molecule has 3 aromatic rings. The van der Waals surface area contributed by atoms with Crippen molar-refractivity contribution in [3.05, 3.63) is 53.1 Å². The molecule has 249 valence electrons. The molecule has 3 radical (unpaired) electrons. The average Bonchev–Trinajstić information content (AvgIpc) is 3.39. The molecule has 2 amide bonds. The second-order valence-corrected chi connectivity index (χ2v) is 12.8. The number of fused-ring (bicyclic) bond motifs is 1. The van der Waals surface area contributed by atoms with Crippen LogP contribution in [0.3, 0.4) is 0 Å². The highest BCUT2D eigenvalue weighted by atomic mass is 28.1. The van der Waals surface area contributed by atoms with Crippen LogP contribution in [-0.4, -0.2) is 93.6 Å². The third kappa shape index (κ3) is 7.68. The summed E-state index contributed by atoms with van der Waals surface area (Å²) in [7, 11) is 6.99. The molecule has 0 bridgehead atoms. The van der Waals surface area contributed by atoms with Gasteiger partial charge >= 0.3 is 6.18 Å². The van der Waals surface area contributed by atoms with Crippen LogP contribution in [0.25, 0.3) is 11.0 Å². The zero-order valence-corrected chi connectivity index (χ0v) is 26.6. The van der Waals surface area contributed by atoms with Crippen molar-refractivity contribution < 1.29 is 40.7 Å². The Balaban J connectivity index is 1.38. The van der Waals surface area contributed by atoms with E-state index in [1.165, 1.54) is 19.2 Å². The number of amides is 2. The van der Waals surface area contributed by atoms with Gasteiger partial charge in [-0.3, -0.25) is 9.59 Å². The number of ether oxygens (including phenoxy) is 1. The number of carbonyl (C=O) groups excluding carboxylic acids is 2. The first-order valence-electron chi connectivity index (χ1n) is 14.6. The number of benzene rings is 2. The first kappa shape index (κ1) is 34.1. The summed E-state index contributed by atoms with van der Waals surface area (Å²) in [4.78, 5) is 32.2. The van der Waals surface area contributed by atoms with Crippen LogP contribution < -0.4 is 20.7 Å². The van der Waals surface area contributed by atoms with Crippen LogP contribution >= 0.6 is 0 Å². The van der Waals surface area contributed by atoms with Crippen molar-refractivity contribution >= 4 is 38.8 Å². The van der Waals surface area contributed by atoms with E-state index in [0.29, 0.717) is 19.5 Å². The Bertz CT molecular complexity index is 1770. The van der Waals surface area contributed by atoms with Crippen LogP contribution in [0.15, 0.2) is 30.6 Å². The number of likely N-dealkylation sites (tertiary alicyclic amines) is 1. The fourth-order valence-electron chi connectivity index (χ4n) is 5.44. The van der Waals surface area contributed by atoms with Crippen molar-refractivity contribution in [2.45, 2.75) is 49.6 Å². The Labute approximate surface area is 269 Å². The van der Waals surface area contributed by atoms with E-state index in [1.54, 1.807) is 0 Å². The molecule has 2 fully saturated rings. The molecular weight excluding hydrogens is 646 g/mol. The highest BCUT2D eigenvalue weighted by Crippen LogP contribution is 2.42. The number of nitrogens with zero attached hydrogens (tertiary/aromatic N) is 3. The number of rotatable bonds is 8. The maximum atomic E-state index is 14.8. The number of methoxy groups -OCH3 is 1. The summed E-state index contributed by atoms with van der Waals surface area (Å²) in [5.74, 6) is 0.133. The van der Waals surface area contributed by atoms with E-state index in [1.807, 2.05) is 14.0 Å². The number of hydrogen-bond acceptors (Lipinski definition) is 6. The summed E-state index contributed by atoms with van der Waals surface area (Å²) < 4.78 is 87.3. The molecular formula is C31H31F6N6O3Si. The third-order valence-corrected chi connectivity index (χ3v) is 9.10. The van der Waals surface area contributed by atoms with Crippen LogP contribution in [0.1, 0.15) is 46.0 Å². The van der Waals surface area contributed by atoms with Gasteiger partial charge in [-0.15, -0.1) is 0 Å². The van der Waals surface area contributed by atoms with Crippen molar-refractivity contribution in [2.75, 3.05) is 39.1 Å². The predicted molar refractivity (Wildman–Crippen MR) is 162 cm³/mol. The largest absolute Gasteiger partial charge is 0.495 e. The van der Waals surface area contributed by atoms with Crippen molar-refractivity contribution in [1.29, 1.82) is 0 Å². The molecule has 1 saturated carbocycles. The number of aromatic nitrogens is 2. The molecule has 1 aliphatic heterocycles. The van der Waals surface area contributed by atoms with Gasteiger partial charge < -0.3 is 30.2 Å². The van der Waals surface area contributed by atoms with E-state index in [4.69, 9.17) is 4.74 Å². The predicted octanol–water partition coefficient (Wildman–Crippen LogP) is 3.91. The Morgan fingerprint density at radius 3 is 2.53 bits per heavy atom. The van der Waals surface area contributed by atoms with Gasteiger partial charge in [-0.2, -0.15) is 13.2 Å². The molecule has 16 heteroatoms. The van der Waals surface area contributed by atoms with E-state index in [9.17, 15) is 35.9 Å². The summed E-state index contributed by atoms with van der Waals surface area (Å²) in [5.41, 5.74) is 0.0617. The third-order valence-electron chi connectivity index (χ3n) is 8.24. The first-order chi connectivity index (χ1) is 22.0. The minimum absolute atomic E-state index is 0.0161. The van der Waals surface area contributed by atoms with Gasteiger partial charge in [-0.1, -0.05) is 18.8 Å². The molecule has 3 atom stereocenters.